The summed E-state index contributed by atoms with van der Waals surface area (Å²) in [6, 6.07) is 0. The van der Waals surface area contributed by atoms with Gasteiger partial charge in [0.1, 0.15) is 0 Å². The van der Waals surface area contributed by atoms with Crippen LogP contribution in [0.4, 0.5) is 0 Å². The Hall–Kier alpha value is -0.740. The van der Waals surface area contributed by atoms with Crippen molar-refractivity contribution in [1.82, 2.24) is 4.98 Å². The van der Waals surface area contributed by atoms with E-state index in [0.717, 1.165) is 15.6 Å². The molecule has 0 radical (unpaired) electrons. The monoisotopic (exact) mass is 275 g/mol. The Balaban J connectivity index is 3.08. The molecule has 0 bridgehead atoms. The van der Waals surface area contributed by atoms with E-state index in [1.807, 2.05) is 13.8 Å². The van der Waals surface area contributed by atoms with Gasteiger partial charge in [-0.05, 0) is 40.9 Å². The Morgan fingerprint density at radius 2 is 2.00 bits per heavy atom. The number of rotatable bonds is 0. The summed E-state index contributed by atoms with van der Waals surface area (Å²) < 4.78 is 5.72. The predicted molar refractivity (Wildman–Crippen MR) is 59.0 cm³/mol. The van der Waals surface area contributed by atoms with Crippen molar-refractivity contribution in [2.45, 2.75) is 13.8 Å². The molecule has 3 nitrogen and oxygen atoms in total. The summed E-state index contributed by atoms with van der Waals surface area (Å²) >= 11 is 9.42. The van der Waals surface area contributed by atoms with E-state index in [1.165, 1.54) is 0 Å². The molecule has 2 rings (SSSR count). The van der Waals surface area contributed by atoms with E-state index in [-0.39, 0.29) is 0 Å². The number of nitrogens with one attached hydrogen (secondary N) is 1. The molecule has 1 heterocycles. The fourth-order valence-corrected chi connectivity index (χ4v) is 2.18. The summed E-state index contributed by atoms with van der Waals surface area (Å²) in [6.07, 6.45) is 0. The van der Waals surface area contributed by atoms with Crippen LogP contribution in [0.2, 0.25) is 5.02 Å². The molecule has 0 aliphatic heterocycles. The maximum absolute atomic E-state index is 11.0. The normalized spacial score (nSPS) is 11.1. The van der Waals surface area contributed by atoms with Crippen LogP contribution < -0.4 is 5.76 Å². The van der Waals surface area contributed by atoms with Gasteiger partial charge in [-0.25, -0.2) is 4.79 Å². The van der Waals surface area contributed by atoms with E-state index >= 15 is 0 Å². The van der Waals surface area contributed by atoms with Crippen LogP contribution in [0.5, 0.6) is 0 Å². The SMILES string of the molecule is Cc1c(Cl)c(C)c2[nH]c(=O)oc2c1Br. The predicted octanol–water partition coefficient (Wildman–Crippen LogP) is 3.15. The molecule has 0 aliphatic carbocycles. The molecular formula is C9H7BrClNO2. The van der Waals surface area contributed by atoms with Crippen LogP contribution in [0.1, 0.15) is 11.1 Å². The Bertz CT molecular complexity index is 522. The van der Waals surface area contributed by atoms with Gasteiger partial charge < -0.3 is 4.42 Å². The third kappa shape index (κ3) is 1.21. The first-order valence-corrected chi connectivity index (χ1v) is 5.16. The van der Waals surface area contributed by atoms with Crippen LogP contribution in [0.25, 0.3) is 11.1 Å². The standard InChI is InChI=1S/C9H7BrClNO2/c1-3-5(10)8-7(4(2)6(3)11)12-9(13)14-8/h1-2H3,(H,12,13). The van der Waals surface area contributed by atoms with Gasteiger partial charge in [-0.1, -0.05) is 11.6 Å². The topological polar surface area (TPSA) is 46.0 Å². The van der Waals surface area contributed by atoms with Crippen molar-refractivity contribution < 1.29 is 4.42 Å². The van der Waals surface area contributed by atoms with Gasteiger partial charge in [-0.3, -0.25) is 4.98 Å². The van der Waals surface area contributed by atoms with Crippen LogP contribution in [-0.4, -0.2) is 4.98 Å². The average molecular weight is 277 g/mol. The molecule has 0 unspecified atom stereocenters. The maximum Gasteiger partial charge on any atom is 0.417 e. The number of aryl methyl sites for hydroxylation is 1. The minimum Gasteiger partial charge on any atom is -0.407 e. The van der Waals surface area contributed by atoms with Crippen molar-refractivity contribution >= 4 is 38.6 Å². The highest BCUT2D eigenvalue weighted by Crippen LogP contribution is 2.34. The summed E-state index contributed by atoms with van der Waals surface area (Å²) in [5.41, 5.74) is 2.87. The lowest BCUT2D eigenvalue weighted by atomic mass is 10.1. The zero-order valence-electron chi connectivity index (χ0n) is 7.57. The van der Waals surface area contributed by atoms with E-state index in [0.29, 0.717) is 16.1 Å². The van der Waals surface area contributed by atoms with Gasteiger partial charge in [-0.2, -0.15) is 0 Å². The van der Waals surface area contributed by atoms with Crippen molar-refractivity contribution in [2.75, 3.05) is 0 Å². The number of hydrogen-bond acceptors (Lipinski definition) is 2. The highest BCUT2D eigenvalue weighted by molar-refractivity contribution is 9.10. The summed E-state index contributed by atoms with van der Waals surface area (Å²) in [4.78, 5) is 13.6. The molecule has 0 fully saturated rings. The summed E-state index contributed by atoms with van der Waals surface area (Å²) in [7, 11) is 0. The first kappa shape index (κ1) is 9.80. The first-order valence-electron chi connectivity index (χ1n) is 3.99. The quantitative estimate of drug-likeness (QED) is 0.803. The minimum absolute atomic E-state index is 0.467. The molecular weight excluding hydrogens is 269 g/mol. The second kappa shape index (κ2) is 3.14. The van der Waals surface area contributed by atoms with Crippen LogP contribution in [-0.2, 0) is 0 Å². The van der Waals surface area contributed by atoms with E-state index in [4.69, 9.17) is 16.0 Å². The van der Waals surface area contributed by atoms with Gasteiger partial charge in [0.05, 0.1) is 9.99 Å². The second-order valence-corrected chi connectivity index (χ2v) is 4.27. The lowest BCUT2D eigenvalue weighted by molar-refractivity contribution is 0.553. The largest absolute Gasteiger partial charge is 0.417 e. The van der Waals surface area contributed by atoms with Crippen molar-refractivity contribution in [2.24, 2.45) is 0 Å². The van der Waals surface area contributed by atoms with Crippen LogP contribution in [0.15, 0.2) is 13.7 Å². The van der Waals surface area contributed by atoms with Gasteiger partial charge in [0.2, 0.25) is 0 Å². The number of H-pyrrole nitrogens is 1. The fraction of sp³-hybridized carbons (Fsp3) is 0.222. The Kier molecular flexibility index (Phi) is 2.20. The third-order valence-electron chi connectivity index (χ3n) is 2.21. The van der Waals surface area contributed by atoms with E-state index in [9.17, 15) is 4.79 Å². The van der Waals surface area contributed by atoms with Gasteiger partial charge >= 0.3 is 5.76 Å². The molecule has 5 heteroatoms. The van der Waals surface area contributed by atoms with E-state index in [2.05, 4.69) is 20.9 Å². The molecule has 0 amide bonds. The number of halogens is 2. The molecule has 1 N–H and O–H groups in total. The molecule has 14 heavy (non-hydrogen) atoms. The number of oxazole rings is 1. The number of aromatic amines is 1. The van der Waals surface area contributed by atoms with E-state index < -0.39 is 5.76 Å². The number of hydrogen-bond donors (Lipinski definition) is 1. The highest BCUT2D eigenvalue weighted by atomic mass is 79.9. The van der Waals surface area contributed by atoms with Crippen molar-refractivity contribution in [1.29, 1.82) is 0 Å². The summed E-state index contributed by atoms with van der Waals surface area (Å²) in [6.45, 7) is 3.71. The number of fused-ring (bicyclic) bond motifs is 1. The molecule has 0 aliphatic rings. The minimum atomic E-state index is -0.467. The molecule has 1 aromatic heterocycles. The fourth-order valence-electron chi connectivity index (χ4n) is 1.40. The molecule has 0 spiro atoms. The molecule has 1 aromatic carbocycles. The first-order chi connectivity index (χ1) is 6.52. The van der Waals surface area contributed by atoms with Crippen molar-refractivity contribution in [3.05, 3.63) is 31.2 Å². The molecule has 0 atom stereocenters. The summed E-state index contributed by atoms with van der Waals surface area (Å²) in [5.74, 6) is -0.467. The zero-order valence-corrected chi connectivity index (χ0v) is 9.91. The lowest BCUT2D eigenvalue weighted by Crippen LogP contribution is -1.93. The Morgan fingerprint density at radius 3 is 2.64 bits per heavy atom. The third-order valence-corrected chi connectivity index (χ3v) is 3.73. The number of benzene rings is 1. The van der Waals surface area contributed by atoms with Crippen LogP contribution >= 0.6 is 27.5 Å². The lowest BCUT2D eigenvalue weighted by Gasteiger charge is -2.05. The van der Waals surface area contributed by atoms with Crippen LogP contribution in [0.3, 0.4) is 0 Å². The average Bonchev–Trinajstić information content (AvgIpc) is 2.54. The molecule has 74 valence electrons. The Morgan fingerprint density at radius 1 is 1.36 bits per heavy atom. The van der Waals surface area contributed by atoms with Gasteiger partial charge in [-0.15, -0.1) is 0 Å². The molecule has 0 saturated carbocycles. The van der Waals surface area contributed by atoms with Gasteiger partial charge in [0.25, 0.3) is 0 Å². The van der Waals surface area contributed by atoms with E-state index in [1.54, 1.807) is 0 Å². The summed E-state index contributed by atoms with van der Waals surface area (Å²) in [5, 5.41) is 0.640. The maximum atomic E-state index is 11.0. The second-order valence-electron chi connectivity index (χ2n) is 3.10. The smallest absolute Gasteiger partial charge is 0.407 e. The zero-order chi connectivity index (χ0) is 10.5. The Labute approximate surface area is 93.2 Å². The number of aromatic nitrogens is 1. The van der Waals surface area contributed by atoms with Gasteiger partial charge in [0, 0.05) is 5.02 Å². The van der Waals surface area contributed by atoms with Crippen LogP contribution in [0, 0.1) is 13.8 Å². The molecule has 0 saturated heterocycles. The highest BCUT2D eigenvalue weighted by Gasteiger charge is 2.15. The van der Waals surface area contributed by atoms with Crippen molar-refractivity contribution in [3.63, 3.8) is 0 Å². The molecule has 2 aromatic rings. The van der Waals surface area contributed by atoms with Crippen molar-refractivity contribution in [3.8, 4) is 0 Å². The van der Waals surface area contributed by atoms with Gasteiger partial charge in [0.15, 0.2) is 5.58 Å².